The number of imidazole rings is 1. The molecule has 2 N–H and O–H groups in total. The van der Waals surface area contributed by atoms with Gasteiger partial charge in [-0.2, -0.15) is 0 Å². The van der Waals surface area contributed by atoms with Crippen molar-refractivity contribution >= 4 is 11.6 Å². The van der Waals surface area contributed by atoms with Crippen molar-refractivity contribution in [1.82, 2.24) is 15.3 Å². The molecule has 2 aromatic rings. The Bertz CT molecular complexity index is 436. The van der Waals surface area contributed by atoms with Gasteiger partial charge in [0.15, 0.2) is 0 Å². The fourth-order valence-electron chi connectivity index (χ4n) is 1.85. The number of nitrogens with zero attached hydrogens (tertiary/aromatic N) is 1. The van der Waals surface area contributed by atoms with Crippen molar-refractivity contribution in [1.29, 1.82) is 0 Å². The highest BCUT2D eigenvalue weighted by Crippen LogP contribution is 2.19. The van der Waals surface area contributed by atoms with Gasteiger partial charge in [0, 0.05) is 29.9 Å². The van der Waals surface area contributed by atoms with E-state index < -0.39 is 0 Å². The van der Waals surface area contributed by atoms with Crippen molar-refractivity contribution in [2.45, 2.75) is 19.4 Å². The fraction of sp³-hybridized carbons (Fsp3) is 0.308. The number of aromatic nitrogens is 2. The van der Waals surface area contributed by atoms with Gasteiger partial charge in [0.2, 0.25) is 0 Å². The summed E-state index contributed by atoms with van der Waals surface area (Å²) in [6.07, 6.45) is 4.48. The van der Waals surface area contributed by atoms with Crippen LogP contribution in [0.3, 0.4) is 0 Å². The van der Waals surface area contributed by atoms with Crippen molar-refractivity contribution in [3.05, 3.63) is 53.1 Å². The van der Waals surface area contributed by atoms with Gasteiger partial charge in [-0.15, -0.1) is 0 Å². The third kappa shape index (κ3) is 3.32. The highest BCUT2D eigenvalue weighted by Gasteiger charge is 2.12. The van der Waals surface area contributed by atoms with Gasteiger partial charge in [0.05, 0.1) is 0 Å². The summed E-state index contributed by atoms with van der Waals surface area (Å²) in [5.41, 5.74) is 1.23. The minimum atomic E-state index is 0.267. The molecule has 0 amide bonds. The summed E-state index contributed by atoms with van der Waals surface area (Å²) in [5.74, 6) is 0.992. The molecule has 4 heteroatoms. The standard InChI is InChI=1S/C13H16ClN3/c1-2-15-12(9-13-16-7-8-17-13)10-3-5-11(14)6-4-10/h3-8,12,15H,2,9H2,1H3,(H,16,17). The van der Waals surface area contributed by atoms with Gasteiger partial charge in [-0.25, -0.2) is 4.98 Å². The van der Waals surface area contributed by atoms with Crippen LogP contribution in [0.5, 0.6) is 0 Å². The number of likely N-dealkylation sites (N-methyl/N-ethyl adjacent to an activating group) is 1. The molecule has 0 spiro atoms. The maximum atomic E-state index is 5.90. The number of halogens is 1. The van der Waals surface area contributed by atoms with Gasteiger partial charge in [-0.05, 0) is 24.2 Å². The normalized spacial score (nSPS) is 12.6. The average molecular weight is 250 g/mol. The summed E-state index contributed by atoms with van der Waals surface area (Å²) >= 11 is 5.90. The summed E-state index contributed by atoms with van der Waals surface area (Å²) in [6.45, 7) is 3.03. The average Bonchev–Trinajstić information content (AvgIpc) is 2.82. The predicted octanol–water partition coefficient (Wildman–Crippen LogP) is 2.96. The van der Waals surface area contributed by atoms with E-state index in [1.807, 2.05) is 18.3 Å². The lowest BCUT2D eigenvalue weighted by Gasteiger charge is -2.17. The SMILES string of the molecule is CCNC(Cc1ncc[nH]1)c1ccc(Cl)cc1. The minimum Gasteiger partial charge on any atom is -0.349 e. The molecule has 1 heterocycles. The maximum absolute atomic E-state index is 5.90. The van der Waals surface area contributed by atoms with Gasteiger partial charge < -0.3 is 10.3 Å². The van der Waals surface area contributed by atoms with Crippen LogP contribution in [-0.4, -0.2) is 16.5 Å². The second-order valence-electron chi connectivity index (χ2n) is 3.90. The quantitative estimate of drug-likeness (QED) is 0.855. The zero-order chi connectivity index (χ0) is 12.1. The molecule has 0 bridgehead atoms. The van der Waals surface area contributed by atoms with Crippen LogP contribution in [0.25, 0.3) is 0 Å². The molecular formula is C13H16ClN3. The molecule has 1 aromatic heterocycles. The van der Waals surface area contributed by atoms with Crippen LogP contribution in [0.1, 0.15) is 24.4 Å². The van der Waals surface area contributed by atoms with Crippen LogP contribution < -0.4 is 5.32 Å². The van der Waals surface area contributed by atoms with Gasteiger partial charge in [-0.3, -0.25) is 0 Å². The number of rotatable bonds is 5. The molecule has 2 rings (SSSR count). The van der Waals surface area contributed by atoms with Crippen LogP contribution in [0.2, 0.25) is 5.02 Å². The Labute approximate surface area is 106 Å². The molecule has 0 fully saturated rings. The van der Waals surface area contributed by atoms with Crippen LogP contribution in [0.15, 0.2) is 36.7 Å². The van der Waals surface area contributed by atoms with E-state index in [-0.39, 0.29) is 6.04 Å². The van der Waals surface area contributed by atoms with E-state index in [1.54, 1.807) is 6.20 Å². The van der Waals surface area contributed by atoms with Gasteiger partial charge in [0.1, 0.15) is 5.82 Å². The van der Waals surface area contributed by atoms with Crippen molar-refractivity contribution < 1.29 is 0 Å². The van der Waals surface area contributed by atoms with Crippen molar-refractivity contribution in [2.75, 3.05) is 6.54 Å². The van der Waals surface area contributed by atoms with E-state index in [4.69, 9.17) is 11.6 Å². The zero-order valence-electron chi connectivity index (χ0n) is 9.78. The molecule has 90 valence electrons. The largest absolute Gasteiger partial charge is 0.349 e. The highest BCUT2D eigenvalue weighted by molar-refractivity contribution is 6.30. The molecule has 0 aliphatic rings. The Balaban J connectivity index is 2.13. The number of nitrogens with one attached hydrogen (secondary N) is 2. The molecule has 1 aromatic carbocycles. The van der Waals surface area contributed by atoms with Crippen molar-refractivity contribution in [3.8, 4) is 0 Å². The molecule has 0 saturated carbocycles. The van der Waals surface area contributed by atoms with E-state index in [0.717, 1.165) is 23.8 Å². The molecule has 0 aliphatic carbocycles. The minimum absolute atomic E-state index is 0.267. The fourth-order valence-corrected chi connectivity index (χ4v) is 1.98. The summed E-state index contributed by atoms with van der Waals surface area (Å²) in [7, 11) is 0. The number of aromatic amines is 1. The Morgan fingerprint density at radius 2 is 2.12 bits per heavy atom. The van der Waals surface area contributed by atoms with E-state index in [0.29, 0.717) is 0 Å². The molecule has 0 aliphatic heterocycles. The first-order valence-electron chi connectivity index (χ1n) is 5.76. The van der Waals surface area contributed by atoms with Crippen molar-refractivity contribution in [2.24, 2.45) is 0 Å². The molecule has 0 radical (unpaired) electrons. The van der Waals surface area contributed by atoms with Gasteiger partial charge >= 0.3 is 0 Å². The first-order chi connectivity index (χ1) is 8.29. The van der Waals surface area contributed by atoms with E-state index in [1.165, 1.54) is 5.56 Å². The number of benzene rings is 1. The Kier molecular flexibility index (Phi) is 4.18. The lowest BCUT2D eigenvalue weighted by Crippen LogP contribution is -2.23. The number of H-pyrrole nitrogens is 1. The Morgan fingerprint density at radius 1 is 1.35 bits per heavy atom. The predicted molar refractivity (Wildman–Crippen MR) is 70.2 cm³/mol. The summed E-state index contributed by atoms with van der Waals surface area (Å²) < 4.78 is 0. The van der Waals surface area contributed by atoms with Gasteiger partial charge in [-0.1, -0.05) is 30.7 Å². The molecule has 0 saturated heterocycles. The van der Waals surface area contributed by atoms with Crippen LogP contribution in [-0.2, 0) is 6.42 Å². The summed E-state index contributed by atoms with van der Waals surface area (Å²) in [5, 5.41) is 4.22. The zero-order valence-corrected chi connectivity index (χ0v) is 10.5. The topological polar surface area (TPSA) is 40.7 Å². The second kappa shape index (κ2) is 5.84. The first kappa shape index (κ1) is 12.1. The third-order valence-electron chi connectivity index (χ3n) is 2.68. The summed E-state index contributed by atoms with van der Waals surface area (Å²) in [4.78, 5) is 7.39. The molecular weight excluding hydrogens is 234 g/mol. The second-order valence-corrected chi connectivity index (χ2v) is 4.34. The van der Waals surface area contributed by atoms with E-state index in [2.05, 4.69) is 34.3 Å². The Hall–Kier alpha value is -1.32. The molecule has 1 unspecified atom stereocenters. The summed E-state index contributed by atoms with van der Waals surface area (Å²) in [6, 6.07) is 8.22. The van der Waals surface area contributed by atoms with Crippen molar-refractivity contribution in [3.63, 3.8) is 0 Å². The Morgan fingerprint density at radius 3 is 2.71 bits per heavy atom. The number of hydrogen-bond donors (Lipinski definition) is 2. The highest BCUT2D eigenvalue weighted by atomic mass is 35.5. The third-order valence-corrected chi connectivity index (χ3v) is 2.93. The molecule has 3 nitrogen and oxygen atoms in total. The number of hydrogen-bond acceptors (Lipinski definition) is 2. The lowest BCUT2D eigenvalue weighted by molar-refractivity contribution is 0.539. The van der Waals surface area contributed by atoms with E-state index in [9.17, 15) is 0 Å². The first-order valence-corrected chi connectivity index (χ1v) is 6.14. The smallest absolute Gasteiger partial charge is 0.107 e. The van der Waals surface area contributed by atoms with Crippen LogP contribution in [0.4, 0.5) is 0 Å². The monoisotopic (exact) mass is 249 g/mol. The van der Waals surface area contributed by atoms with E-state index >= 15 is 0 Å². The molecule has 17 heavy (non-hydrogen) atoms. The van der Waals surface area contributed by atoms with Gasteiger partial charge in [0.25, 0.3) is 0 Å². The van der Waals surface area contributed by atoms with Crippen LogP contribution >= 0.6 is 11.6 Å². The molecule has 1 atom stereocenters. The lowest BCUT2D eigenvalue weighted by atomic mass is 10.0. The van der Waals surface area contributed by atoms with Crippen LogP contribution in [0, 0.1) is 0 Å². The maximum Gasteiger partial charge on any atom is 0.107 e.